The third kappa shape index (κ3) is 4.59. The van der Waals surface area contributed by atoms with Gasteiger partial charge in [0.2, 0.25) is 11.8 Å². The number of amides is 2. The number of fused-ring (bicyclic) bond motifs is 1. The fraction of sp³-hybridized carbons (Fsp3) is 0.125. The summed E-state index contributed by atoms with van der Waals surface area (Å²) in [6.45, 7) is -0.146. The molecule has 0 bridgehead atoms. The molecule has 1 heterocycles. The molecule has 0 atom stereocenters. The Morgan fingerprint density at radius 1 is 1.06 bits per heavy atom. The number of para-hydroxylation sites is 3. The number of hydrogen-bond donors (Lipinski definition) is 1. The number of hydrogen-bond acceptors (Lipinski definition) is 4. The second-order valence-electron chi connectivity index (χ2n) is 6.96. The van der Waals surface area contributed by atoms with E-state index in [0.717, 1.165) is 11.3 Å². The van der Waals surface area contributed by atoms with E-state index in [0.29, 0.717) is 27.8 Å². The van der Waals surface area contributed by atoms with Gasteiger partial charge in [0.05, 0.1) is 41.3 Å². The zero-order valence-corrected chi connectivity index (χ0v) is 17.6. The summed E-state index contributed by atoms with van der Waals surface area (Å²) in [4.78, 5) is 32.1. The molecular weight excluding hydrogens is 414 g/mol. The van der Waals surface area contributed by atoms with Gasteiger partial charge in [0, 0.05) is 0 Å². The van der Waals surface area contributed by atoms with Crippen LogP contribution in [-0.2, 0) is 9.59 Å². The number of nitrogens with one attached hydrogen (secondary N) is 1. The van der Waals surface area contributed by atoms with Crippen LogP contribution in [0.3, 0.4) is 0 Å². The molecule has 0 fully saturated rings. The van der Waals surface area contributed by atoms with Crippen molar-refractivity contribution in [1.82, 2.24) is 0 Å². The smallest absolute Gasteiger partial charge is 0.244 e. The molecule has 0 saturated carbocycles. The standard InChI is InChI=1S/C24H20ClN3O3/c1-31-17-12-10-16(11-13-17)21-14-24(30)28(22-9-5-4-8-20(22)26-21)15-23(29)27-19-7-3-2-6-18(19)25/h2-13H,14-15H2,1H3,(H,27,29). The molecule has 1 N–H and O–H groups in total. The van der Waals surface area contributed by atoms with E-state index < -0.39 is 0 Å². The highest BCUT2D eigenvalue weighted by Gasteiger charge is 2.26. The Balaban J connectivity index is 1.61. The number of rotatable bonds is 5. The lowest BCUT2D eigenvalue weighted by atomic mass is 10.1. The Bertz CT molecular complexity index is 1160. The van der Waals surface area contributed by atoms with Gasteiger partial charge < -0.3 is 15.0 Å². The topological polar surface area (TPSA) is 71.0 Å². The second-order valence-corrected chi connectivity index (χ2v) is 7.37. The lowest BCUT2D eigenvalue weighted by Crippen LogP contribution is -2.38. The molecule has 156 valence electrons. The highest BCUT2D eigenvalue weighted by atomic mass is 35.5. The van der Waals surface area contributed by atoms with Crippen LogP contribution in [0, 0.1) is 0 Å². The summed E-state index contributed by atoms with van der Waals surface area (Å²) in [6, 6.07) is 21.6. The van der Waals surface area contributed by atoms with E-state index in [2.05, 4.69) is 5.32 Å². The van der Waals surface area contributed by atoms with Crippen molar-refractivity contribution in [3.8, 4) is 5.75 Å². The van der Waals surface area contributed by atoms with Crippen LogP contribution >= 0.6 is 11.6 Å². The SMILES string of the molecule is COc1ccc(C2=Nc3ccccc3N(CC(=O)Nc3ccccc3Cl)C(=O)C2)cc1. The van der Waals surface area contributed by atoms with Gasteiger partial charge in [-0.3, -0.25) is 14.6 Å². The fourth-order valence-corrected chi connectivity index (χ4v) is 3.55. The molecular formula is C24H20ClN3O3. The summed E-state index contributed by atoms with van der Waals surface area (Å²) < 4.78 is 5.21. The van der Waals surface area contributed by atoms with E-state index in [1.54, 1.807) is 37.4 Å². The molecule has 1 aliphatic rings. The Kier molecular flexibility index (Phi) is 6.00. The van der Waals surface area contributed by atoms with Gasteiger partial charge in [-0.1, -0.05) is 35.9 Å². The summed E-state index contributed by atoms with van der Waals surface area (Å²) in [6.07, 6.45) is 0.0698. The average molecular weight is 434 g/mol. The maximum Gasteiger partial charge on any atom is 0.244 e. The predicted molar refractivity (Wildman–Crippen MR) is 123 cm³/mol. The molecule has 0 unspecified atom stereocenters. The lowest BCUT2D eigenvalue weighted by molar-refractivity contribution is -0.120. The van der Waals surface area contributed by atoms with Gasteiger partial charge in [0.1, 0.15) is 12.3 Å². The zero-order chi connectivity index (χ0) is 21.8. The lowest BCUT2D eigenvalue weighted by Gasteiger charge is -2.22. The third-order valence-corrected chi connectivity index (χ3v) is 5.25. The molecule has 0 spiro atoms. The van der Waals surface area contributed by atoms with Crippen LogP contribution in [0.25, 0.3) is 0 Å². The number of ether oxygens (including phenoxy) is 1. The van der Waals surface area contributed by atoms with E-state index in [1.165, 1.54) is 4.90 Å². The summed E-state index contributed by atoms with van der Waals surface area (Å²) >= 11 is 6.13. The zero-order valence-electron chi connectivity index (χ0n) is 16.8. The first kappa shape index (κ1) is 20.6. The van der Waals surface area contributed by atoms with Crippen LogP contribution in [0.1, 0.15) is 12.0 Å². The number of methoxy groups -OCH3 is 1. The highest BCUT2D eigenvalue weighted by molar-refractivity contribution is 6.33. The first-order valence-corrected chi connectivity index (χ1v) is 10.1. The third-order valence-electron chi connectivity index (χ3n) is 4.92. The summed E-state index contributed by atoms with van der Waals surface area (Å²) in [7, 11) is 1.60. The van der Waals surface area contributed by atoms with Gasteiger partial charge in [-0.15, -0.1) is 0 Å². The second kappa shape index (κ2) is 9.02. The minimum Gasteiger partial charge on any atom is -0.497 e. The van der Waals surface area contributed by atoms with Crippen LogP contribution in [0.15, 0.2) is 77.8 Å². The molecule has 31 heavy (non-hydrogen) atoms. The maximum absolute atomic E-state index is 13.2. The van der Waals surface area contributed by atoms with Crippen LogP contribution < -0.4 is 15.0 Å². The van der Waals surface area contributed by atoms with Crippen molar-refractivity contribution >= 4 is 46.2 Å². The fourth-order valence-electron chi connectivity index (χ4n) is 3.36. The van der Waals surface area contributed by atoms with E-state index in [1.807, 2.05) is 42.5 Å². The van der Waals surface area contributed by atoms with Gasteiger partial charge >= 0.3 is 0 Å². The minimum absolute atomic E-state index is 0.0698. The van der Waals surface area contributed by atoms with E-state index in [9.17, 15) is 9.59 Å². The molecule has 0 aliphatic carbocycles. The Labute approximate surface area is 185 Å². The number of benzene rings is 3. The maximum atomic E-state index is 13.2. The average Bonchev–Trinajstić information content (AvgIpc) is 2.92. The van der Waals surface area contributed by atoms with E-state index in [-0.39, 0.29) is 24.8 Å². The molecule has 3 aromatic carbocycles. The summed E-state index contributed by atoms with van der Waals surface area (Å²) in [5, 5.41) is 3.20. The highest BCUT2D eigenvalue weighted by Crippen LogP contribution is 2.33. The monoisotopic (exact) mass is 433 g/mol. The van der Waals surface area contributed by atoms with Gasteiger partial charge in [0.15, 0.2) is 0 Å². The Hall–Kier alpha value is -3.64. The molecule has 6 nitrogen and oxygen atoms in total. The Morgan fingerprint density at radius 3 is 2.52 bits per heavy atom. The van der Waals surface area contributed by atoms with Crippen molar-refractivity contribution < 1.29 is 14.3 Å². The van der Waals surface area contributed by atoms with Gasteiger partial charge in [-0.2, -0.15) is 0 Å². The van der Waals surface area contributed by atoms with E-state index >= 15 is 0 Å². The first-order chi connectivity index (χ1) is 15.0. The van der Waals surface area contributed by atoms with Crippen molar-refractivity contribution in [3.63, 3.8) is 0 Å². The van der Waals surface area contributed by atoms with Gasteiger partial charge in [-0.25, -0.2) is 0 Å². The molecule has 4 rings (SSSR count). The van der Waals surface area contributed by atoms with Crippen molar-refractivity contribution in [1.29, 1.82) is 0 Å². The minimum atomic E-state index is -0.343. The normalized spacial score (nSPS) is 13.2. The van der Waals surface area contributed by atoms with Crippen molar-refractivity contribution in [2.75, 3.05) is 23.9 Å². The molecule has 1 aliphatic heterocycles. The molecule has 2 amide bonds. The molecule has 0 aromatic heterocycles. The number of carbonyl (C=O) groups is 2. The molecule has 7 heteroatoms. The predicted octanol–water partition coefficient (Wildman–Crippen LogP) is 4.84. The van der Waals surface area contributed by atoms with Gasteiger partial charge in [-0.05, 0) is 54.1 Å². The van der Waals surface area contributed by atoms with Crippen LogP contribution in [0.4, 0.5) is 17.1 Å². The number of halogens is 1. The van der Waals surface area contributed by atoms with Crippen molar-refractivity contribution in [3.05, 3.63) is 83.4 Å². The number of aliphatic imine (C=N–C) groups is 1. The van der Waals surface area contributed by atoms with Crippen LogP contribution in [-0.4, -0.2) is 31.2 Å². The largest absolute Gasteiger partial charge is 0.497 e. The molecule has 3 aromatic rings. The number of anilines is 2. The quantitative estimate of drug-likeness (QED) is 0.625. The Morgan fingerprint density at radius 2 is 1.77 bits per heavy atom. The summed E-state index contributed by atoms with van der Waals surface area (Å²) in [5.74, 6) is 0.167. The summed E-state index contributed by atoms with van der Waals surface area (Å²) in [5.41, 5.74) is 3.18. The number of nitrogens with zero attached hydrogens (tertiary/aromatic N) is 2. The van der Waals surface area contributed by atoms with Gasteiger partial charge in [0.25, 0.3) is 0 Å². The van der Waals surface area contributed by atoms with E-state index in [4.69, 9.17) is 21.3 Å². The van der Waals surface area contributed by atoms with Crippen molar-refractivity contribution in [2.24, 2.45) is 4.99 Å². The first-order valence-electron chi connectivity index (χ1n) is 9.71. The number of carbonyl (C=O) groups excluding carboxylic acids is 2. The van der Waals surface area contributed by atoms with Crippen molar-refractivity contribution in [2.45, 2.75) is 6.42 Å². The van der Waals surface area contributed by atoms with Crippen LogP contribution in [0.2, 0.25) is 5.02 Å². The van der Waals surface area contributed by atoms with Crippen LogP contribution in [0.5, 0.6) is 5.75 Å². The molecule has 0 saturated heterocycles. The molecule has 0 radical (unpaired) electrons.